The summed E-state index contributed by atoms with van der Waals surface area (Å²) in [4.78, 5) is -0.295. The quantitative estimate of drug-likeness (QED) is 0.847. The Bertz CT molecular complexity index is 763. The van der Waals surface area contributed by atoms with Gasteiger partial charge in [0.05, 0.1) is 5.69 Å². The van der Waals surface area contributed by atoms with Crippen LogP contribution in [0.15, 0.2) is 27.5 Å². The second-order valence-electron chi connectivity index (χ2n) is 4.15. The van der Waals surface area contributed by atoms with Crippen LogP contribution in [0.1, 0.15) is 11.5 Å². The average Bonchev–Trinajstić information content (AvgIpc) is 2.77. The molecule has 2 rings (SSSR count). The first kappa shape index (κ1) is 15.4. The van der Waals surface area contributed by atoms with Gasteiger partial charge < -0.3 is 9.52 Å². The lowest BCUT2D eigenvalue weighted by molar-refractivity contribution is 0.245. The minimum absolute atomic E-state index is 0.00499. The summed E-state index contributed by atoms with van der Waals surface area (Å²) in [6, 6.07) is 2.10. The maximum absolute atomic E-state index is 13.1. The maximum atomic E-state index is 13.1. The molecule has 0 amide bonds. The zero-order valence-corrected chi connectivity index (χ0v) is 11.5. The average molecular weight is 321 g/mol. The molecule has 0 aliphatic carbocycles. The summed E-state index contributed by atoms with van der Waals surface area (Å²) in [6.45, 7) is 0.843. The van der Waals surface area contributed by atoms with Crippen LogP contribution in [-0.2, 0) is 16.6 Å². The molecule has 1 heterocycles. The number of furan rings is 1. The number of halogens is 3. The van der Waals surface area contributed by atoms with E-state index >= 15 is 0 Å². The third-order valence-corrected chi connectivity index (χ3v) is 4.09. The van der Waals surface area contributed by atoms with E-state index in [0.29, 0.717) is 12.1 Å². The number of aliphatic hydroxyl groups is 1. The summed E-state index contributed by atoms with van der Waals surface area (Å²) in [7, 11) is -4.19. The van der Waals surface area contributed by atoms with Crippen molar-refractivity contribution >= 4 is 15.7 Å². The monoisotopic (exact) mass is 321 g/mol. The number of hydrogen-bond donors (Lipinski definition) is 2. The number of nitrogens with one attached hydrogen (secondary N) is 1. The minimum atomic E-state index is -4.19. The summed E-state index contributed by atoms with van der Waals surface area (Å²) in [6.07, 6.45) is 0. The Hall–Kier alpha value is -2.00. The highest BCUT2D eigenvalue weighted by Gasteiger charge is 2.22. The first-order valence-corrected chi connectivity index (χ1v) is 7.10. The zero-order chi connectivity index (χ0) is 15.8. The fourth-order valence-corrected chi connectivity index (χ4v) is 2.94. The molecule has 0 saturated carbocycles. The van der Waals surface area contributed by atoms with Gasteiger partial charge in [0, 0.05) is 18.2 Å². The molecule has 0 fully saturated rings. The predicted molar refractivity (Wildman–Crippen MR) is 66.5 cm³/mol. The number of aliphatic hydroxyl groups excluding tert-OH is 1. The van der Waals surface area contributed by atoms with E-state index in [4.69, 9.17) is 9.52 Å². The van der Waals surface area contributed by atoms with E-state index in [2.05, 4.69) is 0 Å². The number of benzene rings is 1. The summed E-state index contributed by atoms with van der Waals surface area (Å²) in [5, 5.41) is 8.88. The molecule has 114 valence electrons. The van der Waals surface area contributed by atoms with Crippen LogP contribution in [-0.4, -0.2) is 13.5 Å². The Morgan fingerprint density at radius 3 is 2.24 bits per heavy atom. The second kappa shape index (κ2) is 5.41. The molecule has 1 aromatic heterocycles. The van der Waals surface area contributed by atoms with Gasteiger partial charge in [-0.1, -0.05) is 0 Å². The molecule has 21 heavy (non-hydrogen) atoms. The number of aryl methyl sites for hydroxylation is 1. The molecule has 2 N–H and O–H groups in total. The van der Waals surface area contributed by atoms with Crippen LogP contribution in [0.5, 0.6) is 0 Å². The lowest BCUT2D eigenvalue weighted by atomic mass is 10.3. The topological polar surface area (TPSA) is 79.5 Å². The lowest BCUT2D eigenvalue weighted by Crippen LogP contribution is -2.14. The minimum Gasteiger partial charge on any atom is -0.462 e. The van der Waals surface area contributed by atoms with Crippen LogP contribution >= 0.6 is 0 Å². The first-order valence-electron chi connectivity index (χ1n) is 5.62. The molecule has 2 aromatic rings. The normalized spacial score (nSPS) is 11.7. The van der Waals surface area contributed by atoms with Gasteiger partial charge in [-0.15, -0.1) is 0 Å². The fourth-order valence-electron chi connectivity index (χ4n) is 1.69. The van der Waals surface area contributed by atoms with E-state index in [9.17, 15) is 21.6 Å². The molecule has 0 aliphatic rings. The molecule has 0 spiro atoms. The van der Waals surface area contributed by atoms with Gasteiger partial charge in [-0.2, -0.15) is 0 Å². The van der Waals surface area contributed by atoms with E-state index in [-0.39, 0.29) is 16.4 Å². The van der Waals surface area contributed by atoms with Gasteiger partial charge in [-0.3, -0.25) is 4.72 Å². The van der Waals surface area contributed by atoms with Crippen molar-refractivity contribution in [2.24, 2.45) is 0 Å². The van der Waals surface area contributed by atoms with E-state index in [1.54, 1.807) is 0 Å². The molecular formula is C12H10F3NO4S. The smallest absolute Gasteiger partial charge is 0.265 e. The van der Waals surface area contributed by atoms with Crippen LogP contribution in [0, 0.1) is 24.4 Å². The molecule has 9 heteroatoms. The van der Waals surface area contributed by atoms with Gasteiger partial charge in [-0.05, 0) is 6.92 Å². The standard InChI is InChI=1S/C12H10F3NO4S/c1-6-11(4-8(5-17)20-6)21(18,19)16-7-2-9(13)12(15)10(14)3-7/h2-4,16-17H,5H2,1H3. The highest BCUT2D eigenvalue weighted by molar-refractivity contribution is 7.92. The molecule has 0 radical (unpaired) electrons. The van der Waals surface area contributed by atoms with E-state index < -0.39 is 39.8 Å². The van der Waals surface area contributed by atoms with Crippen molar-refractivity contribution in [3.8, 4) is 0 Å². The van der Waals surface area contributed by atoms with Crippen molar-refractivity contribution in [3.05, 3.63) is 47.2 Å². The van der Waals surface area contributed by atoms with Crippen LogP contribution in [0.25, 0.3) is 0 Å². The van der Waals surface area contributed by atoms with Gasteiger partial charge >= 0.3 is 0 Å². The molecule has 0 bridgehead atoms. The third-order valence-electron chi connectivity index (χ3n) is 2.60. The van der Waals surface area contributed by atoms with Crippen LogP contribution in [0.4, 0.5) is 18.9 Å². The highest BCUT2D eigenvalue weighted by atomic mass is 32.2. The van der Waals surface area contributed by atoms with Crippen molar-refractivity contribution in [3.63, 3.8) is 0 Å². The Labute approximate surface area is 118 Å². The van der Waals surface area contributed by atoms with Crippen molar-refractivity contribution in [1.29, 1.82) is 0 Å². The lowest BCUT2D eigenvalue weighted by Gasteiger charge is -2.07. The largest absolute Gasteiger partial charge is 0.462 e. The summed E-state index contributed by atoms with van der Waals surface area (Å²) < 4.78 is 69.9. The van der Waals surface area contributed by atoms with Gasteiger partial charge in [0.15, 0.2) is 17.5 Å². The van der Waals surface area contributed by atoms with Crippen molar-refractivity contribution in [2.45, 2.75) is 18.4 Å². The van der Waals surface area contributed by atoms with Crippen LogP contribution < -0.4 is 4.72 Å². The third kappa shape index (κ3) is 3.03. The molecule has 1 aromatic carbocycles. The molecule has 0 aliphatic heterocycles. The van der Waals surface area contributed by atoms with Gasteiger partial charge in [0.1, 0.15) is 23.0 Å². The van der Waals surface area contributed by atoms with Crippen molar-refractivity contribution in [1.82, 2.24) is 0 Å². The molecule has 0 atom stereocenters. The SMILES string of the molecule is Cc1oc(CO)cc1S(=O)(=O)Nc1cc(F)c(F)c(F)c1. The van der Waals surface area contributed by atoms with Crippen LogP contribution in [0.2, 0.25) is 0 Å². The molecule has 5 nitrogen and oxygen atoms in total. The predicted octanol–water partition coefficient (Wildman–Crippen LogP) is 2.30. The van der Waals surface area contributed by atoms with Crippen LogP contribution in [0.3, 0.4) is 0 Å². The van der Waals surface area contributed by atoms with E-state index in [0.717, 1.165) is 6.07 Å². The number of sulfonamides is 1. The maximum Gasteiger partial charge on any atom is 0.265 e. The number of rotatable bonds is 4. The number of hydrogen-bond acceptors (Lipinski definition) is 4. The molecule has 0 unspecified atom stereocenters. The van der Waals surface area contributed by atoms with Gasteiger partial charge in [0.2, 0.25) is 0 Å². The van der Waals surface area contributed by atoms with Gasteiger partial charge in [-0.25, -0.2) is 21.6 Å². The Kier molecular flexibility index (Phi) is 3.97. The first-order chi connectivity index (χ1) is 9.74. The van der Waals surface area contributed by atoms with E-state index in [1.807, 2.05) is 4.72 Å². The summed E-state index contributed by atoms with van der Waals surface area (Å²) in [5.41, 5.74) is -0.474. The van der Waals surface area contributed by atoms with Gasteiger partial charge in [0.25, 0.3) is 10.0 Å². The summed E-state index contributed by atoms with van der Waals surface area (Å²) in [5.74, 6) is -4.72. The Morgan fingerprint density at radius 1 is 1.19 bits per heavy atom. The zero-order valence-electron chi connectivity index (χ0n) is 10.7. The van der Waals surface area contributed by atoms with Crippen molar-refractivity contribution < 1.29 is 31.1 Å². The highest BCUT2D eigenvalue weighted by Crippen LogP contribution is 2.24. The number of anilines is 1. The molecular weight excluding hydrogens is 311 g/mol. The Morgan fingerprint density at radius 2 is 1.76 bits per heavy atom. The molecule has 0 saturated heterocycles. The van der Waals surface area contributed by atoms with E-state index in [1.165, 1.54) is 6.92 Å². The second-order valence-corrected chi connectivity index (χ2v) is 5.80. The summed E-state index contributed by atoms with van der Waals surface area (Å²) >= 11 is 0. The Balaban J connectivity index is 2.39. The van der Waals surface area contributed by atoms with Crippen molar-refractivity contribution in [2.75, 3.05) is 4.72 Å². The fraction of sp³-hybridized carbons (Fsp3) is 0.167.